The van der Waals surface area contributed by atoms with Crippen molar-refractivity contribution in [1.29, 1.82) is 0 Å². The van der Waals surface area contributed by atoms with E-state index in [4.69, 9.17) is 4.74 Å². The third-order valence-electron chi connectivity index (χ3n) is 3.17. The van der Waals surface area contributed by atoms with Crippen LogP contribution < -0.4 is 5.32 Å². The lowest BCUT2D eigenvalue weighted by molar-refractivity contribution is -0.156. The van der Waals surface area contributed by atoms with E-state index < -0.39 is 17.3 Å². The Morgan fingerprint density at radius 1 is 1.27 bits per heavy atom. The molecule has 1 amide bonds. The van der Waals surface area contributed by atoms with Gasteiger partial charge < -0.3 is 10.1 Å². The zero-order valence-electron chi connectivity index (χ0n) is 12.7. The summed E-state index contributed by atoms with van der Waals surface area (Å²) in [6, 6.07) is 7.05. The standard InChI is InChI=1S/C15H18N4O3/c1-4-22-14(21)15(2,3)13(20)17-11-5-7-12(8-6-11)19-10-9-16-18-19/h5-10H,4H2,1-3H3,(H,17,20). The topological polar surface area (TPSA) is 86.1 Å². The highest BCUT2D eigenvalue weighted by Gasteiger charge is 2.37. The van der Waals surface area contributed by atoms with E-state index in [1.165, 1.54) is 13.8 Å². The Balaban J connectivity index is 2.07. The van der Waals surface area contributed by atoms with Crippen LogP contribution in [0.2, 0.25) is 0 Å². The zero-order valence-corrected chi connectivity index (χ0v) is 12.7. The summed E-state index contributed by atoms with van der Waals surface area (Å²) in [5, 5.41) is 10.3. The van der Waals surface area contributed by atoms with E-state index >= 15 is 0 Å². The summed E-state index contributed by atoms with van der Waals surface area (Å²) in [7, 11) is 0. The summed E-state index contributed by atoms with van der Waals surface area (Å²) in [4.78, 5) is 24.0. The highest BCUT2D eigenvalue weighted by Crippen LogP contribution is 2.21. The Morgan fingerprint density at radius 2 is 1.95 bits per heavy atom. The highest BCUT2D eigenvalue weighted by molar-refractivity contribution is 6.08. The van der Waals surface area contributed by atoms with E-state index in [0.29, 0.717) is 5.69 Å². The molecule has 0 atom stereocenters. The van der Waals surface area contributed by atoms with E-state index in [0.717, 1.165) is 5.69 Å². The Bertz CT molecular complexity index is 648. The fourth-order valence-corrected chi connectivity index (χ4v) is 1.73. The van der Waals surface area contributed by atoms with E-state index in [-0.39, 0.29) is 6.61 Å². The molecule has 0 spiro atoms. The first-order valence-corrected chi connectivity index (χ1v) is 6.90. The van der Waals surface area contributed by atoms with Gasteiger partial charge in [0.05, 0.1) is 24.7 Å². The molecule has 2 aromatic rings. The molecule has 7 nitrogen and oxygen atoms in total. The first-order chi connectivity index (χ1) is 10.4. The summed E-state index contributed by atoms with van der Waals surface area (Å²) in [5.41, 5.74) is 0.159. The molecule has 0 fully saturated rings. The number of hydrogen-bond acceptors (Lipinski definition) is 5. The van der Waals surface area contributed by atoms with Gasteiger partial charge in [0.1, 0.15) is 5.41 Å². The van der Waals surface area contributed by atoms with Crippen molar-refractivity contribution in [2.45, 2.75) is 20.8 Å². The number of amides is 1. The van der Waals surface area contributed by atoms with Gasteiger partial charge in [0.15, 0.2) is 0 Å². The Kier molecular flexibility index (Phi) is 4.55. The predicted molar refractivity (Wildman–Crippen MR) is 80.4 cm³/mol. The summed E-state index contributed by atoms with van der Waals surface area (Å²) < 4.78 is 6.52. The minimum Gasteiger partial charge on any atom is -0.465 e. The van der Waals surface area contributed by atoms with Gasteiger partial charge in [0.2, 0.25) is 5.91 Å². The Hall–Kier alpha value is -2.70. The molecular formula is C15H18N4O3. The third kappa shape index (κ3) is 3.30. The highest BCUT2D eigenvalue weighted by atomic mass is 16.5. The predicted octanol–water partition coefficient (Wildman–Crippen LogP) is 1.80. The van der Waals surface area contributed by atoms with Crippen molar-refractivity contribution in [3.8, 4) is 5.69 Å². The number of carbonyl (C=O) groups excluding carboxylic acids is 2. The molecule has 116 valence electrons. The van der Waals surface area contributed by atoms with Gasteiger partial charge in [-0.05, 0) is 45.0 Å². The van der Waals surface area contributed by atoms with Crippen LogP contribution >= 0.6 is 0 Å². The lowest BCUT2D eigenvalue weighted by Gasteiger charge is -2.21. The largest absolute Gasteiger partial charge is 0.465 e. The molecule has 0 aliphatic rings. The van der Waals surface area contributed by atoms with Crippen LogP contribution in [0.15, 0.2) is 36.7 Å². The van der Waals surface area contributed by atoms with E-state index in [1.54, 1.807) is 48.3 Å². The van der Waals surface area contributed by atoms with Gasteiger partial charge in [-0.3, -0.25) is 9.59 Å². The number of nitrogens with one attached hydrogen (secondary N) is 1. The molecule has 0 saturated heterocycles. The average Bonchev–Trinajstić information content (AvgIpc) is 3.02. The van der Waals surface area contributed by atoms with Crippen LogP contribution in [0.4, 0.5) is 5.69 Å². The molecule has 0 aliphatic heterocycles. The lowest BCUT2D eigenvalue weighted by atomic mass is 9.92. The molecule has 0 bridgehead atoms. The van der Waals surface area contributed by atoms with Crippen molar-refractivity contribution in [2.75, 3.05) is 11.9 Å². The van der Waals surface area contributed by atoms with Crippen molar-refractivity contribution in [3.05, 3.63) is 36.7 Å². The second kappa shape index (κ2) is 6.38. The number of anilines is 1. The van der Waals surface area contributed by atoms with Crippen LogP contribution in [0.5, 0.6) is 0 Å². The fraction of sp³-hybridized carbons (Fsp3) is 0.333. The van der Waals surface area contributed by atoms with Gasteiger partial charge in [0, 0.05) is 5.69 Å². The molecule has 2 rings (SSSR count). The first-order valence-electron chi connectivity index (χ1n) is 6.90. The molecule has 0 radical (unpaired) electrons. The van der Waals surface area contributed by atoms with Gasteiger partial charge in [-0.25, -0.2) is 4.68 Å². The molecule has 7 heteroatoms. The summed E-state index contributed by atoms with van der Waals surface area (Å²) in [6.45, 7) is 5.01. The number of hydrogen-bond donors (Lipinski definition) is 1. The molecule has 0 saturated carbocycles. The smallest absolute Gasteiger partial charge is 0.321 e. The van der Waals surface area contributed by atoms with Crippen molar-refractivity contribution in [2.24, 2.45) is 5.41 Å². The van der Waals surface area contributed by atoms with E-state index in [2.05, 4.69) is 15.6 Å². The van der Waals surface area contributed by atoms with Crippen LogP contribution in [-0.4, -0.2) is 33.5 Å². The van der Waals surface area contributed by atoms with Crippen LogP contribution in [-0.2, 0) is 14.3 Å². The van der Waals surface area contributed by atoms with Gasteiger partial charge in [0.25, 0.3) is 0 Å². The summed E-state index contributed by atoms with van der Waals surface area (Å²) in [6.07, 6.45) is 3.30. The Morgan fingerprint density at radius 3 is 2.50 bits per heavy atom. The van der Waals surface area contributed by atoms with Crippen LogP contribution in [0.25, 0.3) is 5.69 Å². The molecule has 1 aromatic carbocycles. The second-order valence-corrected chi connectivity index (χ2v) is 5.19. The van der Waals surface area contributed by atoms with E-state index in [1.807, 2.05) is 0 Å². The average molecular weight is 302 g/mol. The third-order valence-corrected chi connectivity index (χ3v) is 3.17. The maximum Gasteiger partial charge on any atom is 0.321 e. The number of esters is 1. The van der Waals surface area contributed by atoms with Gasteiger partial charge in [-0.2, -0.15) is 0 Å². The van der Waals surface area contributed by atoms with Gasteiger partial charge in [-0.1, -0.05) is 5.21 Å². The number of rotatable bonds is 5. The lowest BCUT2D eigenvalue weighted by Crippen LogP contribution is -2.39. The normalized spacial score (nSPS) is 11.0. The van der Waals surface area contributed by atoms with E-state index in [9.17, 15) is 9.59 Å². The number of benzene rings is 1. The maximum atomic E-state index is 12.2. The second-order valence-electron chi connectivity index (χ2n) is 5.19. The van der Waals surface area contributed by atoms with Crippen molar-refractivity contribution in [3.63, 3.8) is 0 Å². The minimum atomic E-state index is -1.25. The first kappa shape index (κ1) is 15.7. The number of aromatic nitrogens is 3. The van der Waals surface area contributed by atoms with Crippen molar-refractivity contribution in [1.82, 2.24) is 15.0 Å². The van der Waals surface area contributed by atoms with Crippen LogP contribution in [0.3, 0.4) is 0 Å². The molecule has 0 aliphatic carbocycles. The molecule has 1 aromatic heterocycles. The summed E-state index contributed by atoms with van der Waals surface area (Å²) in [5.74, 6) is -0.966. The molecular weight excluding hydrogens is 284 g/mol. The van der Waals surface area contributed by atoms with Crippen LogP contribution in [0, 0.1) is 5.41 Å². The fourth-order valence-electron chi connectivity index (χ4n) is 1.73. The van der Waals surface area contributed by atoms with Gasteiger partial charge in [-0.15, -0.1) is 5.10 Å². The van der Waals surface area contributed by atoms with Crippen molar-refractivity contribution < 1.29 is 14.3 Å². The molecule has 1 heterocycles. The number of carbonyl (C=O) groups is 2. The van der Waals surface area contributed by atoms with Crippen LogP contribution in [0.1, 0.15) is 20.8 Å². The van der Waals surface area contributed by atoms with Crippen molar-refractivity contribution >= 4 is 17.6 Å². The zero-order chi connectivity index (χ0) is 16.2. The van der Waals surface area contributed by atoms with Gasteiger partial charge >= 0.3 is 5.97 Å². The molecule has 22 heavy (non-hydrogen) atoms. The monoisotopic (exact) mass is 302 g/mol. The Labute approximate surface area is 128 Å². The molecule has 1 N–H and O–H groups in total. The molecule has 0 unspecified atom stereocenters. The minimum absolute atomic E-state index is 0.238. The number of ether oxygens (including phenoxy) is 1. The maximum absolute atomic E-state index is 12.2. The number of nitrogens with zero attached hydrogens (tertiary/aromatic N) is 3. The quantitative estimate of drug-likeness (QED) is 0.672. The summed E-state index contributed by atoms with van der Waals surface area (Å²) >= 11 is 0. The SMILES string of the molecule is CCOC(=O)C(C)(C)C(=O)Nc1ccc(-n2ccnn2)cc1.